The van der Waals surface area contributed by atoms with E-state index in [0.717, 1.165) is 12.1 Å². The maximum Gasteiger partial charge on any atom is 0.220 e. The average molecular weight is 338 g/mol. The van der Waals surface area contributed by atoms with Gasteiger partial charge in [-0.15, -0.1) is 22.7 Å². The van der Waals surface area contributed by atoms with Crippen LogP contribution in [0.25, 0.3) is 0 Å². The molecule has 2 aromatic heterocycles. The van der Waals surface area contributed by atoms with E-state index in [1.165, 1.54) is 15.3 Å². The predicted molar refractivity (Wildman–Crippen MR) is 93.7 cm³/mol. The van der Waals surface area contributed by atoms with Crippen LogP contribution in [0.5, 0.6) is 0 Å². The van der Waals surface area contributed by atoms with Crippen molar-refractivity contribution < 1.29 is 4.79 Å². The molecule has 0 aliphatic carbocycles. The van der Waals surface area contributed by atoms with Crippen LogP contribution in [0.3, 0.4) is 0 Å². The molecule has 22 heavy (non-hydrogen) atoms. The number of carbonyl (C=O) groups is 1. The predicted octanol–water partition coefficient (Wildman–Crippen LogP) is 3.17. The molecule has 0 aromatic carbocycles. The summed E-state index contributed by atoms with van der Waals surface area (Å²) < 4.78 is 0. The molecule has 1 amide bonds. The minimum Gasteiger partial charge on any atom is -0.354 e. The Kier molecular flexibility index (Phi) is 6.11. The first-order valence-electron chi connectivity index (χ1n) is 7.35. The molecular weight excluding hydrogens is 314 g/mol. The Labute approximate surface area is 140 Å². The van der Waals surface area contributed by atoms with E-state index in [1.54, 1.807) is 22.7 Å². The first kappa shape index (κ1) is 17.1. The molecule has 1 N–H and O–H groups in total. The molecule has 0 unspecified atom stereocenters. The van der Waals surface area contributed by atoms with Crippen LogP contribution in [0.15, 0.2) is 17.0 Å². The minimum absolute atomic E-state index is 0.105. The van der Waals surface area contributed by atoms with Crippen LogP contribution < -0.4 is 5.32 Å². The third kappa shape index (κ3) is 4.38. The number of thiophene rings is 1. The maximum absolute atomic E-state index is 12.1. The number of hydrogen-bond acceptors (Lipinski definition) is 5. The van der Waals surface area contributed by atoms with Crippen molar-refractivity contribution in [3.05, 3.63) is 38.0 Å². The first-order valence-corrected chi connectivity index (χ1v) is 9.11. The number of thiazole rings is 1. The van der Waals surface area contributed by atoms with E-state index >= 15 is 0 Å². The van der Waals surface area contributed by atoms with Gasteiger partial charge in [0, 0.05) is 22.7 Å². The number of aryl methyl sites for hydroxylation is 3. The van der Waals surface area contributed by atoms with Crippen LogP contribution in [0.2, 0.25) is 0 Å². The normalized spacial score (nSPS) is 12.6. The summed E-state index contributed by atoms with van der Waals surface area (Å²) in [5.74, 6) is 0.105. The Bertz CT molecular complexity index is 618. The molecule has 6 heteroatoms. The third-order valence-electron chi connectivity index (χ3n) is 3.74. The second kappa shape index (κ2) is 7.85. The van der Waals surface area contributed by atoms with Crippen molar-refractivity contribution in [3.63, 3.8) is 0 Å². The van der Waals surface area contributed by atoms with Gasteiger partial charge in [-0.1, -0.05) is 0 Å². The summed E-state index contributed by atoms with van der Waals surface area (Å²) in [5.41, 5.74) is 4.17. The van der Waals surface area contributed by atoms with E-state index in [9.17, 15) is 4.79 Å². The van der Waals surface area contributed by atoms with E-state index in [-0.39, 0.29) is 11.9 Å². The smallest absolute Gasteiger partial charge is 0.220 e. The molecule has 120 valence electrons. The average Bonchev–Trinajstić information content (AvgIpc) is 3.06. The lowest BCUT2D eigenvalue weighted by atomic mass is 10.1. The number of hydrogen-bond donors (Lipinski definition) is 1. The summed E-state index contributed by atoms with van der Waals surface area (Å²) in [4.78, 5) is 21.0. The number of nitrogens with zero attached hydrogens (tertiary/aromatic N) is 2. The SMILES string of the molecule is Cc1ccsc1[C@H](CNC(=O)CCc1scnc1C)N(C)C. The van der Waals surface area contributed by atoms with Gasteiger partial charge in [0.15, 0.2) is 0 Å². The van der Waals surface area contributed by atoms with Crippen molar-refractivity contribution in [3.8, 4) is 0 Å². The van der Waals surface area contributed by atoms with Crippen LogP contribution in [0.1, 0.15) is 33.5 Å². The Hall–Kier alpha value is -1.24. The zero-order valence-corrected chi connectivity index (χ0v) is 15.2. The van der Waals surface area contributed by atoms with Gasteiger partial charge in [-0.05, 0) is 51.4 Å². The number of carbonyl (C=O) groups excluding carboxylic acids is 1. The van der Waals surface area contributed by atoms with Crippen LogP contribution in [-0.4, -0.2) is 36.4 Å². The summed E-state index contributed by atoms with van der Waals surface area (Å²) in [6.07, 6.45) is 1.29. The highest BCUT2D eigenvalue weighted by atomic mass is 32.1. The first-order chi connectivity index (χ1) is 10.5. The summed E-state index contributed by atoms with van der Waals surface area (Å²) in [6, 6.07) is 2.36. The number of amides is 1. The second-order valence-electron chi connectivity index (χ2n) is 5.61. The van der Waals surface area contributed by atoms with E-state index in [4.69, 9.17) is 0 Å². The van der Waals surface area contributed by atoms with E-state index in [1.807, 2.05) is 12.4 Å². The number of likely N-dealkylation sites (N-methyl/N-ethyl adjacent to an activating group) is 1. The fourth-order valence-corrected chi connectivity index (χ4v) is 4.23. The van der Waals surface area contributed by atoms with Crippen LogP contribution in [-0.2, 0) is 11.2 Å². The topological polar surface area (TPSA) is 45.2 Å². The number of aromatic nitrogens is 1. The molecular formula is C16H23N3OS2. The van der Waals surface area contributed by atoms with Gasteiger partial charge in [-0.2, -0.15) is 0 Å². The van der Waals surface area contributed by atoms with Gasteiger partial charge in [0.1, 0.15) is 0 Å². The van der Waals surface area contributed by atoms with Gasteiger partial charge < -0.3 is 10.2 Å². The summed E-state index contributed by atoms with van der Waals surface area (Å²) in [7, 11) is 4.10. The number of rotatable bonds is 7. The molecule has 0 saturated heterocycles. The third-order valence-corrected chi connectivity index (χ3v) is 5.86. The fraction of sp³-hybridized carbons (Fsp3) is 0.500. The largest absolute Gasteiger partial charge is 0.354 e. The summed E-state index contributed by atoms with van der Waals surface area (Å²) >= 11 is 3.37. The monoisotopic (exact) mass is 337 g/mol. The van der Waals surface area contributed by atoms with E-state index in [2.05, 4.69) is 47.7 Å². The zero-order chi connectivity index (χ0) is 16.1. The Morgan fingerprint density at radius 1 is 1.36 bits per heavy atom. The van der Waals surface area contributed by atoms with Gasteiger partial charge in [0.05, 0.1) is 17.2 Å². The highest BCUT2D eigenvalue weighted by Gasteiger charge is 2.18. The fourth-order valence-electron chi connectivity index (χ4n) is 2.33. The Morgan fingerprint density at radius 2 is 2.14 bits per heavy atom. The lowest BCUT2D eigenvalue weighted by molar-refractivity contribution is -0.121. The number of nitrogens with one attached hydrogen (secondary N) is 1. The van der Waals surface area contributed by atoms with Crippen molar-refractivity contribution >= 4 is 28.6 Å². The van der Waals surface area contributed by atoms with Gasteiger partial charge in [0.2, 0.25) is 5.91 Å². The van der Waals surface area contributed by atoms with Crippen molar-refractivity contribution in [2.24, 2.45) is 0 Å². The van der Waals surface area contributed by atoms with Crippen LogP contribution >= 0.6 is 22.7 Å². The van der Waals surface area contributed by atoms with Gasteiger partial charge in [0.25, 0.3) is 0 Å². The van der Waals surface area contributed by atoms with E-state index < -0.39 is 0 Å². The van der Waals surface area contributed by atoms with E-state index in [0.29, 0.717) is 13.0 Å². The Morgan fingerprint density at radius 3 is 2.68 bits per heavy atom. The molecule has 0 radical (unpaired) electrons. The molecule has 2 rings (SSSR count). The molecule has 0 saturated carbocycles. The van der Waals surface area contributed by atoms with Gasteiger partial charge >= 0.3 is 0 Å². The van der Waals surface area contributed by atoms with Gasteiger partial charge in [-0.3, -0.25) is 4.79 Å². The molecule has 0 spiro atoms. The van der Waals surface area contributed by atoms with Crippen molar-refractivity contribution in [2.45, 2.75) is 32.7 Å². The highest BCUT2D eigenvalue weighted by Crippen LogP contribution is 2.26. The molecule has 0 aliphatic heterocycles. The van der Waals surface area contributed by atoms with Crippen molar-refractivity contribution in [1.82, 2.24) is 15.2 Å². The molecule has 2 heterocycles. The standard InChI is InChI=1S/C16H23N3OS2/c1-11-7-8-21-16(11)13(19(3)4)9-17-15(20)6-5-14-12(2)18-10-22-14/h7-8,10,13H,5-6,9H2,1-4H3,(H,17,20)/t13-/m0/s1. The molecule has 0 fully saturated rings. The highest BCUT2D eigenvalue weighted by molar-refractivity contribution is 7.10. The molecule has 0 bridgehead atoms. The zero-order valence-electron chi connectivity index (χ0n) is 13.5. The molecule has 2 aromatic rings. The molecule has 0 aliphatic rings. The van der Waals surface area contributed by atoms with Gasteiger partial charge in [-0.25, -0.2) is 4.98 Å². The van der Waals surface area contributed by atoms with Crippen molar-refractivity contribution in [2.75, 3.05) is 20.6 Å². The summed E-state index contributed by atoms with van der Waals surface area (Å²) in [6.45, 7) is 4.76. The van der Waals surface area contributed by atoms with Crippen molar-refractivity contribution in [1.29, 1.82) is 0 Å². The van der Waals surface area contributed by atoms with Crippen LogP contribution in [0, 0.1) is 13.8 Å². The summed E-state index contributed by atoms with van der Waals surface area (Å²) in [5, 5.41) is 5.18. The lowest BCUT2D eigenvalue weighted by Gasteiger charge is -2.24. The maximum atomic E-state index is 12.1. The molecule has 4 nitrogen and oxygen atoms in total. The van der Waals surface area contributed by atoms with Crippen LogP contribution in [0.4, 0.5) is 0 Å². The molecule has 1 atom stereocenters. The quantitative estimate of drug-likeness (QED) is 0.844. The minimum atomic E-state index is 0.105. The Balaban J connectivity index is 1.86. The lowest BCUT2D eigenvalue weighted by Crippen LogP contribution is -2.34. The second-order valence-corrected chi connectivity index (χ2v) is 7.50.